The van der Waals surface area contributed by atoms with Crippen LogP contribution < -0.4 is 10.6 Å². The molecular weight excluding hydrogens is 268 g/mol. The molecule has 0 saturated heterocycles. The smallest absolute Gasteiger partial charge is 0.243 e. The van der Waals surface area contributed by atoms with Crippen molar-refractivity contribution in [2.24, 2.45) is 0 Å². The number of hydrogen-bond acceptors (Lipinski definition) is 3. The van der Waals surface area contributed by atoms with Gasteiger partial charge in [0.1, 0.15) is 0 Å². The number of carbonyl (C=O) groups excluding carboxylic acids is 1. The topological polar surface area (TPSA) is 46.3 Å². The minimum Gasteiger partial charge on any atom is -0.399 e. The third-order valence-corrected chi connectivity index (χ3v) is 5.53. The molecule has 0 aromatic heterocycles. The molecule has 1 aliphatic heterocycles. The average molecular weight is 290 g/mol. The maximum absolute atomic E-state index is 12.9. The second kappa shape index (κ2) is 4.99. The van der Waals surface area contributed by atoms with E-state index in [-0.39, 0.29) is 10.7 Å². The van der Waals surface area contributed by atoms with Crippen molar-refractivity contribution in [1.29, 1.82) is 0 Å². The fourth-order valence-electron chi connectivity index (χ4n) is 3.23. The van der Waals surface area contributed by atoms with Crippen molar-refractivity contribution in [1.82, 2.24) is 0 Å². The maximum Gasteiger partial charge on any atom is 0.243 e. The van der Waals surface area contributed by atoms with Gasteiger partial charge in [0.25, 0.3) is 0 Å². The summed E-state index contributed by atoms with van der Waals surface area (Å²) in [5.74, 6) is 0.229. The van der Waals surface area contributed by atoms with E-state index in [0.717, 1.165) is 24.2 Å². The summed E-state index contributed by atoms with van der Waals surface area (Å²) >= 11 is 1.65. The van der Waals surface area contributed by atoms with Crippen LogP contribution in [0.2, 0.25) is 0 Å². The monoisotopic (exact) mass is 290 g/mol. The van der Waals surface area contributed by atoms with Crippen LogP contribution in [0.3, 0.4) is 0 Å². The third kappa shape index (κ3) is 2.30. The number of benzene rings is 1. The van der Waals surface area contributed by atoms with E-state index in [4.69, 9.17) is 5.73 Å². The zero-order chi connectivity index (χ0) is 14.3. The molecule has 3 nitrogen and oxygen atoms in total. The highest BCUT2D eigenvalue weighted by Crippen LogP contribution is 2.47. The number of amides is 1. The van der Waals surface area contributed by atoms with Crippen molar-refractivity contribution in [3.63, 3.8) is 0 Å². The molecular formula is C16H22N2OS. The molecule has 2 N–H and O–H groups in total. The third-order valence-electron chi connectivity index (χ3n) is 4.28. The number of rotatable bonds is 1. The van der Waals surface area contributed by atoms with Gasteiger partial charge >= 0.3 is 0 Å². The molecule has 1 heterocycles. The number of anilines is 2. The fraction of sp³-hybridized carbons (Fsp3) is 0.562. The number of nitrogen functional groups attached to an aromatic ring is 1. The van der Waals surface area contributed by atoms with Crippen LogP contribution in [-0.2, 0) is 4.79 Å². The van der Waals surface area contributed by atoms with Gasteiger partial charge in [0, 0.05) is 16.6 Å². The van der Waals surface area contributed by atoms with Crippen LogP contribution in [0, 0.1) is 0 Å². The van der Waals surface area contributed by atoms with Gasteiger partial charge in [-0.05, 0) is 44.9 Å². The quantitative estimate of drug-likeness (QED) is 0.800. The molecule has 1 aromatic rings. The van der Waals surface area contributed by atoms with Crippen molar-refractivity contribution in [2.75, 3.05) is 10.6 Å². The minimum absolute atomic E-state index is 0.229. The van der Waals surface area contributed by atoms with Gasteiger partial charge in [0.2, 0.25) is 5.91 Å². The molecule has 0 spiro atoms. The highest BCUT2D eigenvalue weighted by molar-refractivity contribution is 8.01. The van der Waals surface area contributed by atoms with Crippen molar-refractivity contribution in [3.8, 4) is 0 Å². The van der Waals surface area contributed by atoms with Gasteiger partial charge in [-0.15, -0.1) is 11.8 Å². The van der Waals surface area contributed by atoms with Gasteiger partial charge in [-0.1, -0.05) is 19.3 Å². The van der Waals surface area contributed by atoms with E-state index < -0.39 is 0 Å². The minimum atomic E-state index is -0.388. The van der Waals surface area contributed by atoms with Crippen LogP contribution in [0.15, 0.2) is 23.1 Å². The summed E-state index contributed by atoms with van der Waals surface area (Å²) in [5, 5.41) is 0. The zero-order valence-electron chi connectivity index (χ0n) is 12.2. The fourth-order valence-corrected chi connectivity index (χ4v) is 4.36. The number of nitrogens with two attached hydrogens (primary N) is 1. The summed E-state index contributed by atoms with van der Waals surface area (Å²) in [5.41, 5.74) is 7.69. The van der Waals surface area contributed by atoms with E-state index in [1.807, 2.05) is 30.9 Å². The van der Waals surface area contributed by atoms with Gasteiger partial charge in [0.05, 0.1) is 10.4 Å². The van der Waals surface area contributed by atoms with Crippen LogP contribution in [-0.4, -0.2) is 16.7 Å². The van der Waals surface area contributed by atoms with Crippen molar-refractivity contribution >= 4 is 29.0 Å². The summed E-state index contributed by atoms with van der Waals surface area (Å²) < 4.78 is -0.388. The molecule has 20 heavy (non-hydrogen) atoms. The van der Waals surface area contributed by atoms with Crippen LogP contribution >= 0.6 is 11.8 Å². The van der Waals surface area contributed by atoms with Crippen molar-refractivity contribution < 1.29 is 4.79 Å². The molecule has 1 aliphatic carbocycles. The second-order valence-electron chi connectivity index (χ2n) is 6.31. The maximum atomic E-state index is 12.9. The largest absolute Gasteiger partial charge is 0.399 e. The molecule has 0 bridgehead atoms. The SMILES string of the molecule is CC1(C)Sc2ccc(N)cc2N(C2CCCCC2)C1=O. The summed E-state index contributed by atoms with van der Waals surface area (Å²) in [4.78, 5) is 16.1. The standard InChI is InChI=1S/C16H22N2OS/c1-16(2)15(19)18(12-6-4-3-5-7-12)13-10-11(17)8-9-14(13)20-16/h8-10,12H,3-7,17H2,1-2H3. The van der Waals surface area contributed by atoms with Crippen LogP contribution in [0.4, 0.5) is 11.4 Å². The van der Waals surface area contributed by atoms with E-state index in [9.17, 15) is 4.79 Å². The number of fused-ring (bicyclic) bond motifs is 1. The molecule has 1 aromatic carbocycles. The van der Waals surface area contributed by atoms with Crippen molar-refractivity contribution in [2.45, 2.75) is 61.6 Å². The molecule has 3 rings (SSSR count). The first-order chi connectivity index (χ1) is 9.49. The first-order valence-corrected chi connectivity index (χ1v) is 8.23. The lowest BCUT2D eigenvalue weighted by Crippen LogP contribution is -2.51. The van der Waals surface area contributed by atoms with Crippen LogP contribution in [0.25, 0.3) is 0 Å². The summed E-state index contributed by atoms with van der Waals surface area (Å²) in [6, 6.07) is 6.29. The van der Waals surface area contributed by atoms with E-state index in [1.165, 1.54) is 24.2 Å². The van der Waals surface area contributed by atoms with Crippen LogP contribution in [0.5, 0.6) is 0 Å². The molecule has 0 unspecified atom stereocenters. The normalized spacial score (nSPS) is 22.7. The summed E-state index contributed by atoms with van der Waals surface area (Å²) in [6.45, 7) is 4.05. The van der Waals surface area contributed by atoms with Gasteiger partial charge in [-0.25, -0.2) is 0 Å². The number of thioether (sulfide) groups is 1. The highest BCUT2D eigenvalue weighted by atomic mass is 32.2. The Morgan fingerprint density at radius 1 is 1.25 bits per heavy atom. The Bertz CT molecular complexity index is 535. The van der Waals surface area contributed by atoms with E-state index in [1.54, 1.807) is 11.8 Å². The van der Waals surface area contributed by atoms with Gasteiger partial charge in [0.15, 0.2) is 0 Å². The van der Waals surface area contributed by atoms with E-state index in [0.29, 0.717) is 6.04 Å². The molecule has 0 atom stereocenters. The molecule has 2 aliphatic rings. The zero-order valence-corrected chi connectivity index (χ0v) is 13.0. The molecule has 0 radical (unpaired) electrons. The number of nitrogens with zero attached hydrogens (tertiary/aromatic N) is 1. The molecule has 1 saturated carbocycles. The van der Waals surface area contributed by atoms with E-state index in [2.05, 4.69) is 6.07 Å². The van der Waals surface area contributed by atoms with Gasteiger partial charge < -0.3 is 10.6 Å². The Morgan fingerprint density at radius 3 is 2.65 bits per heavy atom. The lowest BCUT2D eigenvalue weighted by molar-refractivity contribution is -0.121. The average Bonchev–Trinajstić information content (AvgIpc) is 2.42. The summed E-state index contributed by atoms with van der Waals surface area (Å²) in [6.07, 6.45) is 5.96. The second-order valence-corrected chi connectivity index (χ2v) is 7.97. The first-order valence-electron chi connectivity index (χ1n) is 7.41. The Labute approximate surface area is 124 Å². The summed E-state index contributed by atoms with van der Waals surface area (Å²) in [7, 11) is 0. The van der Waals surface area contributed by atoms with Crippen molar-refractivity contribution in [3.05, 3.63) is 18.2 Å². The lowest BCUT2D eigenvalue weighted by Gasteiger charge is -2.43. The predicted octanol–water partition coefficient (Wildman–Crippen LogP) is 3.82. The van der Waals surface area contributed by atoms with E-state index >= 15 is 0 Å². The molecule has 4 heteroatoms. The highest BCUT2D eigenvalue weighted by Gasteiger charge is 2.42. The molecule has 108 valence electrons. The Morgan fingerprint density at radius 2 is 1.95 bits per heavy atom. The first kappa shape index (κ1) is 13.8. The predicted molar refractivity (Wildman–Crippen MR) is 85.1 cm³/mol. The Balaban J connectivity index is 2.05. The lowest BCUT2D eigenvalue weighted by atomic mass is 9.92. The van der Waals surface area contributed by atoms with Gasteiger partial charge in [-0.3, -0.25) is 4.79 Å². The van der Waals surface area contributed by atoms with Gasteiger partial charge in [-0.2, -0.15) is 0 Å². The number of hydrogen-bond donors (Lipinski definition) is 1. The Kier molecular flexibility index (Phi) is 3.44. The number of carbonyl (C=O) groups is 1. The molecule has 1 fully saturated rings. The van der Waals surface area contributed by atoms with Crippen LogP contribution in [0.1, 0.15) is 46.0 Å². The Hall–Kier alpha value is -1.16. The molecule has 1 amide bonds.